The van der Waals surface area contributed by atoms with Crippen LogP contribution in [0.4, 0.5) is 5.69 Å². The zero-order chi connectivity index (χ0) is 26.5. The third-order valence-corrected chi connectivity index (χ3v) is 6.84. The van der Waals surface area contributed by atoms with E-state index in [0.717, 1.165) is 17.3 Å². The van der Waals surface area contributed by atoms with Crippen LogP contribution in [0.3, 0.4) is 0 Å². The zero-order valence-corrected chi connectivity index (χ0v) is 21.8. The van der Waals surface area contributed by atoms with Gasteiger partial charge >= 0.3 is 5.97 Å². The summed E-state index contributed by atoms with van der Waals surface area (Å²) >= 11 is 1.07. The monoisotopic (exact) mass is 521 g/mol. The number of amidine groups is 1. The largest absolute Gasteiger partial charge is 0.493 e. The van der Waals surface area contributed by atoms with E-state index in [0.29, 0.717) is 28.1 Å². The van der Waals surface area contributed by atoms with Crippen LogP contribution in [0, 0.1) is 0 Å². The molecular weight excluding hydrogens is 494 g/mol. The van der Waals surface area contributed by atoms with Gasteiger partial charge in [-0.1, -0.05) is 30.3 Å². The number of ether oxygens (including phenoxy) is 3. The summed E-state index contributed by atoms with van der Waals surface area (Å²) < 4.78 is 16.3. The summed E-state index contributed by atoms with van der Waals surface area (Å²) in [6, 6.07) is 13.7. The summed E-state index contributed by atoms with van der Waals surface area (Å²) in [5, 5.41) is 3.10. The van der Waals surface area contributed by atoms with Crippen molar-refractivity contribution in [3.05, 3.63) is 76.3 Å². The van der Waals surface area contributed by atoms with E-state index in [1.165, 1.54) is 18.1 Å². The molecular formula is C27H27N3O6S. The van der Waals surface area contributed by atoms with Gasteiger partial charge in [0, 0.05) is 23.7 Å². The van der Waals surface area contributed by atoms with Crippen molar-refractivity contribution in [2.45, 2.75) is 26.3 Å². The highest BCUT2D eigenvalue weighted by molar-refractivity contribution is 8.18. The second kappa shape index (κ2) is 11.3. The SMILES string of the molecule is CCOC(=O)C1=C(C)N=C2SC(C(=O)Nc3ccccc3)=CC(=O)N2[C@H]1Cc1cccc(OC)c1OC. The van der Waals surface area contributed by atoms with Crippen LogP contribution in [-0.2, 0) is 25.5 Å². The van der Waals surface area contributed by atoms with Gasteiger partial charge < -0.3 is 19.5 Å². The Morgan fingerprint density at radius 1 is 1.08 bits per heavy atom. The van der Waals surface area contributed by atoms with Crippen molar-refractivity contribution in [3.8, 4) is 11.5 Å². The molecule has 2 aliphatic heterocycles. The number of hydrogen-bond donors (Lipinski definition) is 1. The summed E-state index contributed by atoms with van der Waals surface area (Å²) in [4.78, 5) is 45.5. The molecule has 192 valence electrons. The van der Waals surface area contributed by atoms with E-state index < -0.39 is 23.8 Å². The summed E-state index contributed by atoms with van der Waals surface area (Å²) in [6.45, 7) is 3.58. The van der Waals surface area contributed by atoms with Crippen molar-refractivity contribution in [3.63, 3.8) is 0 Å². The number of anilines is 1. The normalized spacial score (nSPS) is 16.9. The molecule has 2 heterocycles. The number of carbonyl (C=O) groups excluding carboxylic acids is 3. The highest BCUT2D eigenvalue weighted by Crippen LogP contribution is 2.39. The third-order valence-electron chi connectivity index (χ3n) is 5.85. The Morgan fingerprint density at radius 2 is 1.84 bits per heavy atom. The molecule has 37 heavy (non-hydrogen) atoms. The molecule has 0 saturated carbocycles. The molecule has 2 aromatic carbocycles. The first-order valence-electron chi connectivity index (χ1n) is 11.6. The molecule has 0 radical (unpaired) electrons. The molecule has 10 heteroatoms. The molecule has 2 aliphatic rings. The number of nitrogens with one attached hydrogen (secondary N) is 1. The highest BCUT2D eigenvalue weighted by Gasteiger charge is 2.42. The Hall–Kier alpha value is -4.05. The summed E-state index contributed by atoms with van der Waals surface area (Å²) in [7, 11) is 3.07. The van der Waals surface area contributed by atoms with E-state index in [2.05, 4.69) is 10.3 Å². The molecule has 1 N–H and O–H groups in total. The van der Waals surface area contributed by atoms with Crippen LogP contribution in [0.15, 0.2) is 75.8 Å². The Bertz CT molecular complexity index is 1320. The molecule has 0 saturated heterocycles. The maximum atomic E-state index is 13.5. The van der Waals surface area contributed by atoms with Gasteiger partial charge in [0.1, 0.15) is 0 Å². The Kier molecular flexibility index (Phi) is 7.98. The number of amides is 2. The number of thioether (sulfide) groups is 1. The van der Waals surface area contributed by atoms with E-state index in [9.17, 15) is 14.4 Å². The quantitative estimate of drug-likeness (QED) is 0.525. The van der Waals surface area contributed by atoms with Gasteiger partial charge in [-0.3, -0.25) is 14.5 Å². The van der Waals surface area contributed by atoms with Gasteiger partial charge in [0.25, 0.3) is 11.8 Å². The minimum absolute atomic E-state index is 0.174. The molecule has 9 nitrogen and oxygen atoms in total. The molecule has 0 bridgehead atoms. The molecule has 4 rings (SSSR count). The van der Waals surface area contributed by atoms with Crippen molar-refractivity contribution >= 4 is 40.4 Å². The highest BCUT2D eigenvalue weighted by atomic mass is 32.2. The second-order valence-electron chi connectivity index (χ2n) is 8.13. The minimum atomic E-state index is -0.734. The van der Waals surface area contributed by atoms with Gasteiger partial charge in [0.05, 0.1) is 43.0 Å². The van der Waals surface area contributed by atoms with Crippen LogP contribution in [0.1, 0.15) is 19.4 Å². The number of para-hydroxylation sites is 2. The first-order valence-corrected chi connectivity index (χ1v) is 12.4. The van der Waals surface area contributed by atoms with Gasteiger partial charge in [-0.25, -0.2) is 9.79 Å². The predicted octanol–water partition coefficient (Wildman–Crippen LogP) is 3.92. The average Bonchev–Trinajstić information content (AvgIpc) is 2.88. The Labute approximate surface area is 219 Å². The number of hydrogen-bond acceptors (Lipinski definition) is 8. The van der Waals surface area contributed by atoms with Gasteiger partial charge in [-0.2, -0.15) is 0 Å². The van der Waals surface area contributed by atoms with Crippen LogP contribution in [-0.4, -0.2) is 54.7 Å². The van der Waals surface area contributed by atoms with Gasteiger partial charge in [-0.15, -0.1) is 0 Å². The first kappa shape index (κ1) is 26.0. The number of fused-ring (bicyclic) bond motifs is 1. The fourth-order valence-corrected chi connectivity index (χ4v) is 5.22. The van der Waals surface area contributed by atoms with Gasteiger partial charge in [0.15, 0.2) is 16.7 Å². The predicted molar refractivity (Wildman–Crippen MR) is 141 cm³/mol. The van der Waals surface area contributed by atoms with Gasteiger partial charge in [-0.05, 0) is 43.8 Å². The average molecular weight is 522 g/mol. The summed E-state index contributed by atoms with van der Waals surface area (Å²) in [6.07, 6.45) is 1.50. The van der Waals surface area contributed by atoms with E-state index >= 15 is 0 Å². The summed E-state index contributed by atoms with van der Waals surface area (Å²) in [5.74, 6) is -0.399. The lowest BCUT2D eigenvalue weighted by atomic mass is 9.94. The lowest BCUT2D eigenvalue weighted by Crippen LogP contribution is -2.50. The number of rotatable bonds is 8. The van der Waals surface area contributed by atoms with Crippen molar-refractivity contribution in [2.24, 2.45) is 4.99 Å². The fourth-order valence-electron chi connectivity index (χ4n) is 4.23. The number of aliphatic imine (C=N–C) groups is 1. The van der Waals surface area contributed by atoms with Crippen molar-refractivity contribution in [1.29, 1.82) is 0 Å². The molecule has 0 fully saturated rings. The van der Waals surface area contributed by atoms with E-state index in [1.807, 2.05) is 18.2 Å². The number of methoxy groups -OCH3 is 2. The molecule has 2 amide bonds. The van der Waals surface area contributed by atoms with Gasteiger partial charge in [0.2, 0.25) is 0 Å². The van der Waals surface area contributed by atoms with E-state index in [4.69, 9.17) is 14.2 Å². The number of esters is 1. The molecule has 0 aromatic heterocycles. The number of nitrogens with zero attached hydrogens (tertiary/aromatic N) is 2. The lowest BCUT2D eigenvalue weighted by Gasteiger charge is -2.38. The van der Waals surface area contributed by atoms with Crippen molar-refractivity contribution < 1.29 is 28.6 Å². The van der Waals surface area contributed by atoms with E-state index in [-0.39, 0.29) is 23.5 Å². The molecule has 0 aliphatic carbocycles. The van der Waals surface area contributed by atoms with Crippen LogP contribution in [0.2, 0.25) is 0 Å². The number of allylic oxidation sites excluding steroid dienone is 1. The van der Waals surface area contributed by atoms with Crippen LogP contribution in [0.5, 0.6) is 11.5 Å². The molecule has 1 atom stereocenters. The fraction of sp³-hybridized carbons (Fsp3) is 0.259. The molecule has 0 unspecified atom stereocenters. The summed E-state index contributed by atoms with van der Waals surface area (Å²) in [5.41, 5.74) is 2.03. The number of carbonyl (C=O) groups is 3. The van der Waals surface area contributed by atoms with Crippen LogP contribution < -0.4 is 14.8 Å². The van der Waals surface area contributed by atoms with E-state index in [1.54, 1.807) is 51.3 Å². The zero-order valence-electron chi connectivity index (χ0n) is 20.9. The number of benzene rings is 2. The molecule has 0 spiro atoms. The first-order chi connectivity index (χ1) is 17.9. The lowest BCUT2D eigenvalue weighted by molar-refractivity contribution is -0.139. The topological polar surface area (TPSA) is 107 Å². The van der Waals surface area contributed by atoms with Crippen molar-refractivity contribution in [2.75, 3.05) is 26.1 Å². The molecule has 2 aromatic rings. The second-order valence-corrected chi connectivity index (χ2v) is 9.13. The Balaban J connectivity index is 1.72. The minimum Gasteiger partial charge on any atom is -0.493 e. The maximum absolute atomic E-state index is 13.5. The van der Waals surface area contributed by atoms with Crippen molar-refractivity contribution in [1.82, 2.24) is 4.90 Å². The maximum Gasteiger partial charge on any atom is 0.337 e. The standard InChI is InChI=1S/C27H27N3O6S/c1-5-36-26(33)23-16(2)28-27-30(19(23)14-17-10-9-13-20(34-3)24(17)35-4)22(31)15-21(37-27)25(32)29-18-11-7-6-8-12-18/h6-13,15,19H,5,14H2,1-4H3,(H,29,32)/t19-/m0/s1. The van der Waals surface area contributed by atoms with Crippen LogP contribution in [0.25, 0.3) is 0 Å². The smallest absolute Gasteiger partial charge is 0.337 e. The third kappa shape index (κ3) is 5.39. The Morgan fingerprint density at radius 3 is 2.51 bits per heavy atom. The van der Waals surface area contributed by atoms with Crippen LogP contribution >= 0.6 is 11.8 Å².